The fraction of sp³-hybridized carbons (Fsp3) is 0.455. The number of benzene rings is 2. The van der Waals surface area contributed by atoms with Crippen LogP contribution in [0.4, 0.5) is 5.69 Å². The molecule has 0 bridgehead atoms. The summed E-state index contributed by atoms with van der Waals surface area (Å²) < 4.78 is 0. The zero-order chi connectivity index (χ0) is 17.5. The lowest BCUT2D eigenvalue weighted by atomic mass is 10.1. The molecule has 1 aliphatic heterocycles. The van der Waals surface area contributed by atoms with Crippen molar-refractivity contribution in [3.05, 3.63) is 65.7 Å². The summed E-state index contributed by atoms with van der Waals surface area (Å²) >= 11 is 0. The minimum absolute atomic E-state index is 0.428. The molecule has 1 fully saturated rings. The molecule has 1 unspecified atom stereocenters. The molecule has 0 aromatic heterocycles. The van der Waals surface area contributed by atoms with Crippen LogP contribution in [0, 0.1) is 0 Å². The molecular formula is C22H31N3. The van der Waals surface area contributed by atoms with E-state index < -0.39 is 0 Å². The van der Waals surface area contributed by atoms with Gasteiger partial charge in [-0.2, -0.15) is 0 Å². The molecule has 0 amide bonds. The molecule has 1 heterocycles. The van der Waals surface area contributed by atoms with E-state index >= 15 is 0 Å². The maximum absolute atomic E-state index is 3.56. The van der Waals surface area contributed by atoms with Gasteiger partial charge in [-0.3, -0.25) is 4.90 Å². The second-order valence-electron chi connectivity index (χ2n) is 7.02. The molecule has 1 saturated heterocycles. The summed E-state index contributed by atoms with van der Waals surface area (Å²) in [6.07, 6.45) is 1.18. The van der Waals surface area contributed by atoms with Crippen LogP contribution in [-0.4, -0.2) is 37.6 Å². The van der Waals surface area contributed by atoms with Crippen molar-refractivity contribution in [3.63, 3.8) is 0 Å². The zero-order valence-corrected chi connectivity index (χ0v) is 15.6. The van der Waals surface area contributed by atoms with Crippen LogP contribution in [0.1, 0.15) is 37.4 Å². The number of nitrogens with zero attached hydrogens (tertiary/aromatic N) is 2. The van der Waals surface area contributed by atoms with Crippen LogP contribution in [0.3, 0.4) is 0 Å². The van der Waals surface area contributed by atoms with Crippen LogP contribution in [0.2, 0.25) is 0 Å². The molecule has 2 aromatic carbocycles. The molecule has 0 radical (unpaired) electrons. The third-order valence-corrected chi connectivity index (χ3v) is 5.08. The van der Waals surface area contributed by atoms with Crippen molar-refractivity contribution in [2.45, 2.75) is 32.9 Å². The van der Waals surface area contributed by atoms with Crippen molar-refractivity contribution in [1.29, 1.82) is 0 Å². The number of nitrogens with one attached hydrogen (secondary N) is 1. The van der Waals surface area contributed by atoms with Crippen LogP contribution >= 0.6 is 0 Å². The maximum atomic E-state index is 3.56. The van der Waals surface area contributed by atoms with E-state index in [9.17, 15) is 0 Å². The summed E-state index contributed by atoms with van der Waals surface area (Å²) in [7, 11) is 0. The number of hydrogen-bond donors (Lipinski definition) is 1. The molecule has 0 saturated carbocycles. The summed E-state index contributed by atoms with van der Waals surface area (Å²) in [5.74, 6) is 0. The largest absolute Gasteiger partial charge is 0.369 e. The Bertz CT molecular complexity index is 615. The van der Waals surface area contributed by atoms with Gasteiger partial charge in [-0.15, -0.1) is 0 Å². The van der Waals surface area contributed by atoms with E-state index in [2.05, 4.69) is 83.6 Å². The summed E-state index contributed by atoms with van der Waals surface area (Å²) in [6, 6.07) is 20.3. The Kier molecular flexibility index (Phi) is 6.48. The predicted molar refractivity (Wildman–Crippen MR) is 107 cm³/mol. The van der Waals surface area contributed by atoms with Crippen molar-refractivity contribution in [1.82, 2.24) is 10.2 Å². The zero-order valence-electron chi connectivity index (χ0n) is 15.6. The topological polar surface area (TPSA) is 18.5 Å². The Hall–Kier alpha value is -1.84. The highest BCUT2D eigenvalue weighted by atomic mass is 15.3. The average Bonchev–Trinajstić information content (AvgIpc) is 2.68. The lowest BCUT2D eigenvalue weighted by molar-refractivity contribution is 0.250. The van der Waals surface area contributed by atoms with Gasteiger partial charge in [0.05, 0.1) is 0 Å². The third-order valence-electron chi connectivity index (χ3n) is 5.08. The Morgan fingerprint density at radius 3 is 2.24 bits per heavy atom. The maximum Gasteiger partial charge on any atom is 0.0367 e. The molecule has 25 heavy (non-hydrogen) atoms. The molecule has 1 aliphatic rings. The average molecular weight is 338 g/mol. The number of piperazine rings is 1. The predicted octanol–water partition coefficient (Wildman–Crippen LogP) is 4.07. The van der Waals surface area contributed by atoms with Crippen LogP contribution in [0.5, 0.6) is 0 Å². The Labute approximate surface area is 152 Å². The molecule has 134 valence electrons. The monoisotopic (exact) mass is 337 g/mol. The van der Waals surface area contributed by atoms with Crippen molar-refractivity contribution < 1.29 is 0 Å². The van der Waals surface area contributed by atoms with Gasteiger partial charge in [0.25, 0.3) is 0 Å². The van der Waals surface area contributed by atoms with Gasteiger partial charge in [-0.1, -0.05) is 49.4 Å². The van der Waals surface area contributed by atoms with Gasteiger partial charge in [0.2, 0.25) is 0 Å². The lowest BCUT2D eigenvalue weighted by Gasteiger charge is -2.36. The molecule has 0 aliphatic carbocycles. The normalized spacial score (nSPS) is 16.8. The highest BCUT2D eigenvalue weighted by Gasteiger charge is 2.17. The molecule has 2 aromatic rings. The Morgan fingerprint density at radius 1 is 0.920 bits per heavy atom. The smallest absolute Gasteiger partial charge is 0.0367 e. The lowest BCUT2D eigenvalue weighted by Crippen LogP contribution is -2.45. The van der Waals surface area contributed by atoms with Crippen molar-refractivity contribution in [2.75, 3.05) is 37.6 Å². The first kappa shape index (κ1) is 18.0. The van der Waals surface area contributed by atoms with E-state index in [1.54, 1.807) is 0 Å². The standard InChI is InChI=1S/C22H31N3/c1-3-13-23-19(2)21-9-11-22(12-10-21)25-16-14-24(15-17-25)18-20-7-5-4-6-8-20/h4-12,19,23H,3,13-18H2,1-2H3. The minimum Gasteiger partial charge on any atom is -0.369 e. The quantitative estimate of drug-likeness (QED) is 0.822. The van der Waals surface area contributed by atoms with E-state index in [0.29, 0.717) is 6.04 Å². The van der Waals surface area contributed by atoms with Crippen LogP contribution in [0.25, 0.3) is 0 Å². The summed E-state index contributed by atoms with van der Waals surface area (Å²) in [4.78, 5) is 5.06. The number of anilines is 1. The third kappa shape index (κ3) is 5.07. The highest BCUT2D eigenvalue weighted by molar-refractivity contribution is 5.48. The SMILES string of the molecule is CCCNC(C)c1ccc(N2CCN(Cc3ccccc3)CC2)cc1. The van der Waals surface area contributed by atoms with Gasteiger partial charge in [0, 0.05) is 44.5 Å². The van der Waals surface area contributed by atoms with E-state index in [0.717, 1.165) is 39.3 Å². The van der Waals surface area contributed by atoms with Crippen LogP contribution in [0.15, 0.2) is 54.6 Å². The molecule has 1 N–H and O–H groups in total. The van der Waals surface area contributed by atoms with Crippen LogP contribution < -0.4 is 10.2 Å². The Balaban J connectivity index is 1.51. The fourth-order valence-corrected chi connectivity index (χ4v) is 3.46. The van der Waals surface area contributed by atoms with Crippen LogP contribution in [-0.2, 0) is 6.54 Å². The van der Waals surface area contributed by atoms with Crippen molar-refractivity contribution >= 4 is 5.69 Å². The summed E-state index contributed by atoms with van der Waals surface area (Å²) in [5, 5.41) is 3.56. The number of rotatable bonds is 7. The van der Waals surface area contributed by atoms with E-state index in [1.807, 2.05) is 0 Å². The summed E-state index contributed by atoms with van der Waals surface area (Å²) in [6.45, 7) is 11.1. The molecule has 0 spiro atoms. The van der Waals surface area contributed by atoms with Crippen molar-refractivity contribution in [3.8, 4) is 0 Å². The van der Waals surface area contributed by atoms with E-state index in [4.69, 9.17) is 0 Å². The molecule has 3 rings (SSSR count). The molecule has 3 heteroatoms. The van der Waals surface area contributed by atoms with Gasteiger partial charge in [-0.05, 0) is 43.1 Å². The highest BCUT2D eigenvalue weighted by Crippen LogP contribution is 2.21. The minimum atomic E-state index is 0.428. The van der Waals surface area contributed by atoms with E-state index in [-0.39, 0.29) is 0 Å². The van der Waals surface area contributed by atoms with Gasteiger partial charge in [0.15, 0.2) is 0 Å². The molecule has 3 nitrogen and oxygen atoms in total. The first-order valence-electron chi connectivity index (χ1n) is 9.61. The van der Waals surface area contributed by atoms with Gasteiger partial charge < -0.3 is 10.2 Å². The summed E-state index contributed by atoms with van der Waals surface area (Å²) in [5.41, 5.74) is 4.14. The molecular weight excluding hydrogens is 306 g/mol. The van der Waals surface area contributed by atoms with Crippen molar-refractivity contribution in [2.24, 2.45) is 0 Å². The van der Waals surface area contributed by atoms with Gasteiger partial charge >= 0.3 is 0 Å². The second kappa shape index (κ2) is 9.02. The molecule has 1 atom stereocenters. The first-order valence-corrected chi connectivity index (χ1v) is 9.61. The fourth-order valence-electron chi connectivity index (χ4n) is 3.46. The van der Waals surface area contributed by atoms with E-state index in [1.165, 1.54) is 23.2 Å². The Morgan fingerprint density at radius 2 is 1.60 bits per heavy atom. The van der Waals surface area contributed by atoms with Gasteiger partial charge in [0.1, 0.15) is 0 Å². The number of hydrogen-bond acceptors (Lipinski definition) is 3. The van der Waals surface area contributed by atoms with Gasteiger partial charge in [-0.25, -0.2) is 0 Å². The second-order valence-corrected chi connectivity index (χ2v) is 7.02. The first-order chi connectivity index (χ1) is 12.3.